The maximum Gasteiger partial charge on any atom is 0.358 e. The Hall–Kier alpha value is -1.36. The lowest BCUT2D eigenvalue weighted by Gasteiger charge is -2.08. The van der Waals surface area contributed by atoms with Gasteiger partial charge in [-0.2, -0.15) is 0 Å². The second-order valence-electron chi connectivity index (χ2n) is 4.53. The summed E-state index contributed by atoms with van der Waals surface area (Å²) in [5.74, 6) is 0.220. The standard InChI is InChI=1S/C12H19N3O2/c13-5-6-15-7-11(14-9-15)12(16)17-8-10-3-1-2-4-10/h7,9-10H,1-6,8,13H2. The Kier molecular flexibility index (Phi) is 4.14. The fourth-order valence-corrected chi connectivity index (χ4v) is 2.18. The zero-order valence-corrected chi connectivity index (χ0v) is 9.97. The zero-order chi connectivity index (χ0) is 12.1. The Morgan fingerprint density at radius 2 is 2.29 bits per heavy atom. The third-order valence-corrected chi connectivity index (χ3v) is 3.15. The fraction of sp³-hybridized carbons (Fsp3) is 0.667. The number of hydrogen-bond acceptors (Lipinski definition) is 4. The molecule has 2 rings (SSSR count). The van der Waals surface area contributed by atoms with Gasteiger partial charge in [0.15, 0.2) is 5.69 Å². The van der Waals surface area contributed by atoms with Crippen LogP contribution in [-0.4, -0.2) is 28.7 Å². The van der Waals surface area contributed by atoms with Crippen LogP contribution < -0.4 is 5.73 Å². The van der Waals surface area contributed by atoms with Crippen molar-refractivity contribution in [2.24, 2.45) is 11.7 Å². The summed E-state index contributed by atoms with van der Waals surface area (Å²) >= 11 is 0. The molecule has 0 amide bonds. The minimum absolute atomic E-state index is 0.326. The largest absolute Gasteiger partial charge is 0.461 e. The maximum absolute atomic E-state index is 11.7. The van der Waals surface area contributed by atoms with Crippen LogP contribution in [-0.2, 0) is 11.3 Å². The molecule has 94 valence electrons. The first-order valence-electron chi connectivity index (χ1n) is 6.18. The number of aromatic nitrogens is 2. The highest BCUT2D eigenvalue weighted by Crippen LogP contribution is 2.24. The van der Waals surface area contributed by atoms with Crippen molar-refractivity contribution < 1.29 is 9.53 Å². The molecule has 1 aliphatic carbocycles. The molecule has 0 aromatic carbocycles. The third kappa shape index (κ3) is 3.30. The molecule has 0 atom stereocenters. The van der Waals surface area contributed by atoms with E-state index in [0.29, 0.717) is 31.3 Å². The molecule has 0 radical (unpaired) electrons. The van der Waals surface area contributed by atoms with Gasteiger partial charge in [-0.3, -0.25) is 0 Å². The lowest BCUT2D eigenvalue weighted by atomic mass is 10.1. The number of rotatable bonds is 5. The first-order valence-corrected chi connectivity index (χ1v) is 6.18. The van der Waals surface area contributed by atoms with Crippen LogP contribution in [0.25, 0.3) is 0 Å². The summed E-state index contributed by atoms with van der Waals surface area (Å²) in [4.78, 5) is 15.7. The van der Waals surface area contributed by atoms with Gasteiger partial charge in [-0.05, 0) is 18.8 Å². The summed E-state index contributed by atoms with van der Waals surface area (Å²) in [7, 11) is 0. The van der Waals surface area contributed by atoms with Crippen LogP contribution in [0.5, 0.6) is 0 Å². The van der Waals surface area contributed by atoms with Crippen LogP contribution in [0, 0.1) is 5.92 Å². The van der Waals surface area contributed by atoms with Gasteiger partial charge >= 0.3 is 5.97 Å². The molecule has 0 aliphatic heterocycles. The van der Waals surface area contributed by atoms with Crippen molar-refractivity contribution in [3.8, 4) is 0 Å². The van der Waals surface area contributed by atoms with Gasteiger partial charge in [-0.15, -0.1) is 0 Å². The summed E-state index contributed by atoms with van der Waals surface area (Å²) in [5, 5.41) is 0. The summed E-state index contributed by atoms with van der Waals surface area (Å²) in [6, 6.07) is 0. The Morgan fingerprint density at radius 1 is 1.53 bits per heavy atom. The SMILES string of the molecule is NCCn1cnc(C(=O)OCC2CCCC2)c1. The van der Waals surface area contributed by atoms with E-state index in [0.717, 1.165) is 0 Å². The fourth-order valence-electron chi connectivity index (χ4n) is 2.18. The number of nitrogens with zero attached hydrogens (tertiary/aromatic N) is 2. The lowest BCUT2D eigenvalue weighted by Crippen LogP contribution is -2.12. The zero-order valence-electron chi connectivity index (χ0n) is 9.97. The van der Waals surface area contributed by atoms with E-state index >= 15 is 0 Å². The molecule has 1 heterocycles. The normalized spacial score (nSPS) is 16.3. The van der Waals surface area contributed by atoms with Gasteiger partial charge in [-0.25, -0.2) is 9.78 Å². The minimum Gasteiger partial charge on any atom is -0.461 e. The van der Waals surface area contributed by atoms with Gasteiger partial charge in [0.25, 0.3) is 0 Å². The van der Waals surface area contributed by atoms with Crippen molar-refractivity contribution in [3.05, 3.63) is 18.2 Å². The quantitative estimate of drug-likeness (QED) is 0.781. The van der Waals surface area contributed by atoms with Crippen LogP contribution in [0.3, 0.4) is 0 Å². The van der Waals surface area contributed by atoms with Gasteiger partial charge < -0.3 is 15.0 Å². The molecule has 1 aliphatic rings. The van der Waals surface area contributed by atoms with Gasteiger partial charge in [0.2, 0.25) is 0 Å². The molecule has 0 bridgehead atoms. The molecule has 5 heteroatoms. The Balaban J connectivity index is 1.81. The van der Waals surface area contributed by atoms with Crippen molar-refractivity contribution in [2.45, 2.75) is 32.2 Å². The average molecular weight is 237 g/mol. The van der Waals surface area contributed by atoms with Crippen molar-refractivity contribution in [3.63, 3.8) is 0 Å². The molecule has 1 saturated carbocycles. The number of nitrogens with two attached hydrogens (primary N) is 1. The molecule has 1 fully saturated rings. The molecule has 1 aromatic rings. The Bertz CT molecular complexity index is 370. The number of imidazole rings is 1. The van der Waals surface area contributed by atoms with Crippen molar-refractivity contribution in [1.29, 1.82) is 0 Å². The van der Waals surface area contributed by atoms with Crippen LogP contribution in [0.4, 0.5) is 0 Å². The highest BCUT2D eigenvalue weighted by atomic mass is 16.5. The number of hydrogen-bond donors (Lipinski definition) is 1. The molecule has 0 spiro atoms. The first kappa shape index (κ1) is 12.1. The van der Waals surface area contributed by atoms with Gasteiger partial charge in [0, 0.05) is 19.3 Å². The van der Waals surface area contributed by atoms with Crippen LogP contribution in [0.2, 0.25) is 0 Å². The molecule has 0 unspecified atom stereocenters. The van der Waals surface area contributed by atoms with Gasteiger partial charge in [-0.1, -0.05) is 12.8 Å². The number of ether oxygens (including phenoxy) is 1. The average Bonchev–Trinajstić information content (AvgIpc) is 2.97. The molecule has 17 heavy (non-hydrogen) atoms. The summed E-state index contributed by atoms with van der Waals surface area (Å²) in [6.45, 7) is 1.73. The number of carbonyl (C=O) groups excluding carboxylic acids is 1. The lowest BCUT2D eigenvalue weighted by molar-refractivity contribution is 0.0436. The second-order valence-corrected chi connectivity index (χ2v) is 4.53. The van der Waals surface area contributed by atoms with E-state index in [1.807, 2.05) is 0 Å². The minimum atomic E-state index is -0.326. The van der Waals surface area contributed by atoms with Crippen LogP contribution in [0.15, 0.2) is 12.5 Å². The van der Waals surface area contributed by atoms with Gasteiger partial charge in [0.1, 0.15) is 0 Å². The molecule has 0 saturated heterocycles. The highest BCUT2D eigenvalue weighted by Gasteiger charge is 2.18. The van der Waals surface area contributed by atoms with E-state index in [9.17, 15) is 4.79 Å². The van der Waals surface area contributed by atoms with Crippen molar-refractivity contribution in [2.75, 3.05) is 13.2 Å². The van der Waals surface area contributed by atoms with E-state index in [1.54, 1.807) is 17.1 Å². The monoisotopic (exact) mass is 237 g/mol. The summed E-state index contributed by atoms with van der Waals surface area (Å²) in [5.41, 5.74) is 5.79. The molecular formula is C12H19N3O2. The summed E-state index contributed by atoms with van der Waals surface area (Å²) < 4.78 is 7.06. The highest BCUT2D eigenvalue weighted by molar-refractivity contribution is 5.86. The second kappa shape index (κ2) is 5.82. The summed E-state index contributed by atoms with van der Waals surface area (Å²) in [6.07, 6.45) is 8.16. The van der Waals surface area contributed by atoms with Crippen molar-refractivity contribution >= 4 is 5.97 Å². The first-order chi connectivity index (χ1) is 8.29. The van der Waals surface area contributed by atoms with E-state index in [4.69, 9.17) is 10.5 Å². The van der Waals surface area contributed by atoms with E-state index < -0.39 is 0 Å². The van der Waals surface area contributed by atoms with E-state index in [-0.39, 0.29) is 5.97 Å². The van der Waals surface area contributed by atoms with Crippen LogP contribution >= 0.6 is 0 Å². The molecule has 5 nitrogen and oxygen atoms in total. The number of esters is 1. The van der Waals surface area contributed by atoms with Crippen molar-refractivity contribution in [1.82, 2.24) is 9.55 Å². The third-order valence-electron chi connectivity index (χ3n) is 3.15. The van der Waals surface area contributed by atoms with Gasteiger partial charge in [0.05, 0.1) is 12.9 Å². The smallest absolute Gasteiger partial charge is 0.358 e. The predicted molar refractivity (Wildman–Crippen MR) is 63.5 cm³/mol. The predicted octanol–water partition coefficient (Wildman–Crippen LogP) is 1.19. The Labute approximate surface area is 101 Å². The topological polar surface area (TPSA) is 70.1 Å². The molecule has 1 aromatic heterocycles. The molecular weight excluding hydrogens is 218 g/mol. The van der Waals surface area contributed by atoms with E-state index in [2.05, 4.69) is 4.98 Å². The molecule has 2 N–H and O–H groups in total. The maximum atomic E-state index is 11.7. The number of carbonyl (C=O) groups is 1. The Morgan fingerprint density at radius 3 is 3.00 bits per heavy atom. The van der Waals surface area contributed by atoms with E-state index in [1.165, 1.54) is 25.7 Å². The van der Waals surface area contributed by atoms with Crippen LogP contribution in [0.1, 0.15) is 36.2 Å².